The van der Waals surface area contributed by atoms with Crippen LogP contribution in [0, 0.1) is 5.92 Å². The van der Waals surface area contributed by atoms with E-state index in [1.807, 2.05) is 54.6 Å². The number of hydrogen-bond donors (Lipinski definition) is 0. The Bertz CT molecular complexity index is 943. The molecule has 2 aromatic rings. The summed E-state index contributed by atoms with van der Waals surface area (Å²) < 4.78 is 15.9. The summed E-state index contributed by atoms with van der Waals surface area (Å²) in [6, 6.07) is 17.4. The highest BCUT2D eigenvalue weighted by Gasteiger charge is 2.34. The van der Waals surface area contributed by atoms with Crippen LogP contribution in [0.2, 0.25) is 0 Å². The molecule has 32 heavy (non-hydrogen) atoms. The average Bonchev–Trinajstić information content (AvgIpc) is 2.83. The molecule has 1 aliphatic heterocycles. The number of nitrogens with zero attached hydrogens (tertiary/aromatic N) is 1. The summed E-state index contributed by atoms with van der Waals surface area (Å²) in [6.07, 6.45) is 4.79. The van der Waals surface area contributed by atoms with E-state index < -0.39 is 17.9 Å². The van der Waals surface area contributed by atoms with Gasteiger partial charge >= 0.3 is 11.9 Å². The van der Waals surface area contributed by atoms with E-state index in [1.165, 1.54) is 0 Å². The first kappa shape index (κ1) is 23.1. The predicted octanol–water partition coefficient (Wildman–Crippen LogP) is 4.66. The smallest absolute Gasteiger partial charge is 0.336 e. The second-order valence-corrected chi connectivity index (χ2v) is 7.29. The van der Waals surface area contributed by atoms with E-state index in [0.29, 0.717) is 24.0 Å². The summed E-state index contributed by atoms with van der Waals surface area (Å²) in [5, 5.41) is 0. The molecule has 0 aromatic heterocycles. The quantitative estimate of drug-likeness (QED) is 0.534. The minimum atomic E-state index is -0.432. The lowest BCUT2D eigenvalue weighted by Crippen LogP contribution is -2.30. The molecule has 6 heteroatoms. The Kier molecular flexibility index (Phi) is 8.08. The molecule has 1 aliphatic rings. The molecule has 0 radical (unpaired) electrons. The third-order valence-corrected chi connectivity index (χ3v) is 5.26. The minimum Gasteiger partial charge on any atom is -0.497 e. The maximum atomic E-state index is 12.9. The maximum absolute atomic E-state index is 12.9. The van der Waals surface area contributed by atoms with Crippen molar-refractivity contribution < 1.29 is 23.8 Å². The molecule has 6 nitrogen and oxygen atoms in total. The Morgan fingerprint density at radius 1 is 0.844 bits per heavy atom. The molecule has 0 amide bonds. The third kappa shape index (κ3) is 5.58. The van der Waals surface area contributed by atoms with Crippen molar-refractivity contribution in [3.05, 3.63) is 83.7 Å². The topological polar surface area (TPSA) is 65.1 Å². The molecular formula is C26H29NO5. The first-order valence-electron chi connectivity index (χ1n) is 10.8. The number of methoxy groups -OCH3 is 1. The molecule has 0 atom stereocenters. The number of rotatable bonds is 9. The zero-order valence-corrected chi connectivity index (χ0v) is 18.7. The van der Waals surface area contributed by atoms with Gasteiger partial charge in [0.1, 0.15) is 5.75 Å². The highest BCUT2D eigenvalue weighted by atomic mass is 16.5. The molecule has 0 spiro atoms. The fraction of sp³-hybridized carbons (Fsp3) is 0.308. The highest BCUT2D eigenvalue weighted by molar-refractivity contribution is 5.98. The molecule has 1 heterocycles. The third-order valence-electron chi connectivity index (χ3n) is 5.26. The molecule has 3 rings (SSSR count). The highest BCUT2D eigenvalue weighted by Crippen LogP contribution is 2.35. The van der Waals surface area contributed by atoms with Gasteiger partial charge in [0.05, 0.1) is 31.5 Å². The van der Waals surface area contributed by atoms with Gasteiger partial charge in [0.25, 0.3) is 0 Å². The van der Waals surface area contributed by atoms with E-state index in [1.54, 1.807) is 38.3 Å². The van der Waals surface area contributed by atoms with E-state index in [9.17, 15) is 9.59 Å². The summed E-state index contributed by atoms with van der Waals surface area (Å²) in [7, 11) is 1.60. The number of esters is 2. The lowest BCUT2D eigenvalue weighted by atomic mass is 9.84. The number of aryl methyl sites for hydroxylation is 1. The average molecular weight is 436 g/mol. The van der Waals surface area contributed by atoms with Gasteiger partial charge in [-0.15, -0.1) is 0 Å². The van der Waals surface area contributed by atoms with Crippen molar-refractivity contribution in [2.45, 2.75) is 26.7 Å². The molecule has 2 aromatic carbocycles. The fourth-order valence-corrected chi connectivity index (χ4v) is 3.67. The van der Waals surface area contributed by atoms with E-state index in [4.69, 9.17) is 14.2 Å². The van der Waals surface area contributed by atoms with E-state index >= 15 is 0 Å². The van der Waals surface area contributed by atoms with Crippen LogP contribution in [0.25, 0.3) is 0 Å². The van der Waals surface area contributed by atoms with Crippen LogP contribution in [0.4, 0.5) is 5.69 Å². The number of benzene rings is 2. The number of anilines is 1. The van der Waals surface area contributed by atoms with Crippen molar-refractivity contribution in [1.82, 2.24) is 0 Å². The molecule has 0 unspecified atom stereocenters. The molecule has 0 N–H and O–H groups in total. The maximum Gasteiger partial charge on any atom is 0.336 e. The van der Waals surface area contributed by atoms with Crippen LogP contribution in [0.3, 0.4) is 0 Å². The first-order valence-corrected chi connectivity index (χ1v) is 10.8. The summed E-state index contributed by atoms with van der Waals surface area (Å²) in [5.41, 5.74) is 2.79. The number of hydrogen-bond acceptors (Lipinski definition) is 6. The van der Waals surface area contributed by atoms with Gasteiger partial charge in [-0.1, -0.05) is 30.3 Å². The minimum absolute atomic E-state index is 0.253. The van der Waals surface area contributed by atoms with Gasteiger partial charge in [-0.3, -0.25) is 0 Å². The van der Waals surface area contributed by atoms with Crippen LogP contribution in [0.15, 0.2) is 78.1 Å². The van der Waals surface area contributed by atoms with Crippen molar-refractivity contribution in [2.24, 2.45) is 5.92 Å². The molecule has 0 bridgehead atoms. The van der Waals surface area contributed by atoms with Gasteiger partial charge in [-0.25, -0.2) is 9.59 Å². The number of carbonyl (C=O) groups is 2. The molecule has 0 saturated heterocycles. The Hall–Kier alpha value is -3.54. The molecular weight excluding hydrogens is 406 g/mol. The zero-order chi connectivity index (χ0) is 22.9. The summed E-state index contributed by atoms with van der Waals surface area (Å²) in [5.74, 6) is -0.573. The number of carbonyl (C=O) groups excluding carboxylic acids is 2. The Morgan fingerprint density at radius 2 is 1.41 bits per heavy atom. The van der Waals surface area contributed by atoms with Crippen LogP contribution in [-0.2, 0) is 25.5 Å². The standard InChI is InChI=1S/C26H29NO5/c1-4-31-25(28)23-17-27(20-12-14-21(30-3)15-13-20)18-24(26(29)32-5-2)22(23)16-11-19-9-7-6-8-10-19/h6-10,12-15,17-18,22H,4-5,11,16H2,1-3H3. The second kappa shape index (κ2) is 11.2. The molecule has 168 valence electrons. The van der Waals surface area contributed by atoms with Crippen molar-refractivity contribution >= 4 is 17.6 Å². The van der Waals surface area contributed by atoms with Crippen molar-refractivity contribution in [1.29, 1.82) is 0 Å². The van der Waals surface area contributed by atoms with Crippen LogP contribution < -0.4 is 9.64 Å². The molecule has 0 fully saturated rings. The monoisotopic (exact) mass is 435 g/mol. The van der Waals surface area contributed by atoms with Crippen molar-refractivity contribution in [3.63, 3.8) is 0 Å². The molecule has 0 saturated carbocycles. The first-order chi connectivity index (χ1) is 15.6. The predicted molar refractivity (Wildman–Crippen MR) is 123 cm³/mol. The summed E-state index contributed by atoms with van der Waals surface area (Å²) in [6.45, 7) is 4.04. The fourth-order valence-electron chi connectivity index (χ4n) is 3.67. The van der Waals surface area contributed by atoms with Crippen molar-refractivity contribution in [3.8, 4) is 5.75 Å². The van der Waals surface area contributed by atoms with Crippen LogP contribution >= 0.6 is 0 Å². The normalized spacial score (nSPS) is 13.8. The van der Waals surface area contributed by atoms with Crippen LogP contribution in [0.5, 0.6) is 5.75 Å². The van der Waals surface area contributed by atoms with Crippen LogP contribution in [-0.4, -0.2) is 32.3 Å². The Morgan fingerprint density at radius 3 is 1.91 bits per heavy atom. The van der Waals surface area contributed by atoms with Gasteiger partial charge in [0, 0.05) is 24.0 Å². The zero-order valence-electron chi connectivity index (χ0n) is 18.7. The summed E-state index contributed by atoms with van der Waals surface area (Å²) >= 11 is 0. The Labute approximate surface area is 189 Å². The lowest BCUT2D eigenvalue weighted by Gasteiger charge is -2.30. The number of ether oxygens (including phenoxy) is 3. The molecule has 0 aliphatic carbocycles. The van der Waals surface area contributed by atoms with Crippen LogP contribution in [0.1, 0.15) is 25.8 Å². The lowest BCUT2D eigenvalue weighted by molar-refractivity contribution is -0.140. The van der Waals surface area contributed by atoms with E-state index in [0.717, 1.165) is 17.0 Å². The van der Waals surface area contributed by atoms with E-state index in [-0.39, 0.29) is 13.2 Å². The van der Waals surface area contributed by atoms with E-state index in [2.05, 4.69) is 0 Å². The summed E-state index contributed by atoms with van der Waals surface area (Å²) in [4.78, 5) is 27.6. The largest absolute Gasteiger partial charge is 0.497 e. The second-order valence-electron chi connectivity index (χ2n) is 7.29. The van der Waals surface area contributed by atoms with Gasteiger partial charge < -0.3 is 19.1 Å². The van der Waals surface area contributed by atoms with Gasteiger partial charge in [0.2, 0.25) is 0 Å². The van der Waals surface area contributed by atoms with Gasteiger partial charge in [0.15, 0.2) is 0 Å². The SMILES string of the molecule is CCOC(=O)C1=CN(c2ccc(OC)cc2)C=C(C(=O)OCC)C1CCc1ccccc1. The van der Waals surface area contributed by atoms with Gasteiger partial charge in [-0.05, 0) is 56.5 Å². The van der Waals surface area contributed by atoms with Crippen molar-refractivity contribution in [2.75, 3.05) is 25.2 Å². The van der Waals surface area contributed by atoms with Gasteiger partial charge in [-0.2, -0.15) is 0 Å². The Balaban J connectivity index is 1.99.